The third-order valence-corrected chi connectivity index (χ3v) is 3.58. The summed E-state index contributed by atoms with van der Waals surface area (Å²) in [5.74, 6) is -0.749. The fourth-order valence-electron chi connectivity index (χ4n) is 1.87. The van der Waals surface area contributed by atoms with Gasteiger partial charge in [0.1, 0.15) is 24.4 Å². The molecule has 136 valence electrons. The lowest BCUT2D eigenvalue weighted by molar-refractivity contribution is -0.247. The van der Waals surface area contributed by atoms with Crippen molar-refractivity contribution < 1.29 is 54.1 Å². The van der Waals surface area contributed by atoms with Crippen LogP contribution in [-0.4, -0.2) is 79.3 Å². The van der Waals surface area contributed by atoms with Gasteiger partial charge in [0, 0.05) is 6.92 Å². The summed E-state index contributed by atoms with van der Waals surface area (Å²) in [6.07, 6.45) is -7.49. The van der Waals surface area contributed by atoms with Crippen molar-refractivity contribution in [3.63, 3.8) is 0 Å². The summed E-state index contributed by atoms with van der Waals surface area (Å²) in [4.78, 5) is 11.1. The van der Waals surface area contributed by atoms with Gasteiger partial charge in [-0.25, -0.2) is 8.37 Å². The minimum absolute atomic E-state index is 0.749. The summed E-state index contributed by atoms with van der Waals surface area (Å²) >= 11 is 0. The van der Waals surface area contributed by atoms with Crippen LogP contribution in [0.2, 0.25) is 0 Å². The largest absolute Gasteiger partial charge is 0.397 e. The summed E-state index contributed by atoms with van der Waals surface area (Å²) in [5.41, 5.74) is 0. The van der Waals surface area contributed by atoms with E-state index in [0.717, 1.165) is 6.92 Å². The third-order valence-electron chi connectivity index (χ3n) is 2.68. The number of carbonyl (C=O) groups excluding carboxylic acids is 1. The minimum atomic E-state index is -5.10. The second-order valence-electron chi connectivity index (χ2n) is 4.48. The molecule has 13 nitrogen and oxygen atoms in total. The molecular weight excluding hydrogens is 366 g/mol. The summed E-state index contributed by atoms with van der Waals surface area (Å²) in [5, 5.41) is 21.7. The zero-order valence-corrected chi connectivity index (χ0v) is 13.1. The zero-order valence-electron chi connectivity index (χ0n) is 11.5. The number of amides is 1. The van der Waals surface area contributed by atoms with Crippen LogP contribution >= 0.6 is 0 Å². The highest BCUT2D eigenvalue weighted by atomic mass is 32.3. The number of aliphatic hydroxyl groups excluding tert-OH is 2. The fourth-order valence-corrected chi connectivity index (χ4v) is 2.69. The Labute approximate surface area is 131 Å². The van der Waals surface area contributed by atoms with Gasteiger partial charge in [0.2, 0.25) is 5.91 Å². The Morgan fingerprint density at radius 2 is 1.74 bits per heavy atom. The van der Waals surface area contributed by atoms with E-state index in [-0.39, 0.29) is 0 Å². The summed E-state index contributed by atoms with van der Waals surface area (Å²) in [6, 6.07) is -1.61. The maximum absolute atomic E-state index is 11.1. The first kappa shape index (κ1) is 20.1. The van der Waals surface area contributed by atoms with Crippen molar-refractivity contribution in [2.24, 2.45) is 0 Å². The van der Waals surface area contributed by atoms with Gasteiger partial charge in [0.05, 0.1) is 6.61 Å². The van der Waals surface area contributed by atoms with Crippen LogP contribution in [-0.2, 0) is 38.7 Å². The lowest BCUT2D eigenvalue weighted by Gasteiger charge is -2.41. The molecule has 0 aromatic rings. The van der Waals surface area contributed by atoms with Crippen LogP contribution in [0, 0.1) is 0 Å². The highest BCUT2D eigenvalue weighted by Crippen LogP contribution is 2.24. The highest BCUT2D eigenvalue weighted by Gasteiger charge is 2.48. The van der Waals surface area contributed by atoms with Crippen LogP contribution in [0.5, 0.6) is 0 Å². The van der Waals surface area contributed by atoms with Gasteiger partial charge < -0.3 is 20.3 Å². The van der Waals surface area contributed by atoms with Gasteiger partial charge in [-0.3, -0.25) is 13.9 Å². The average Bonchev–Trinajstić information content (AvgIpc) is 2.33. The van der Waals surface area contributed by atoms with Crippen molar-refractivity contribution in [2.45, 2.75) is 37.6 Å². The van der Waals surface area contributed by atoms with Crippen molar-refractivity contribution in [2.75, 3.05) is 6.61 Å². The Hall–Kier alpha value is -0.910. The molecule has 1 fully saturated rings. The first-order valence-corrected chi connectivity index (χ1v) is 8.59. The number of hydrogen-bond donors (Lipinski definition) is 5. The quantitative estimate of drug-likeness (QED) is 0.285. The highest BCUT2D eigenvalue weighted by molar-refractivity contribution is 7.81. The lowest BCUT2D eigenvalue weighted by Crippen LogP contribution is -2.65. The molecule has 1 rings (SSSR count). The Morgan fingerprint density at radius 1 is 1.17 bits per heavy atom. The Kier molecular flexibility index (Phi) is 6.41. The van der Waals surface area contributed by atoms with Crippen molar-refractivity contribution in [1.82, 2.24) is 5.32 Å². The number of rotatable bonds is 6. The molecule has 0 radical (unpaired) electrons. The van der Waals surface area contributed by atoms with E-state index < -0.39 is 64.0 Å². The lowest BCUT2D eigenvalue weighted by atomic mass is 9.97. The molecule has 0 spiro atoms. The van der Waals surface area contributed by atoms with Gasteiger partial charge in [-0.05, 0) is 0 Å². The molecule has 1 heterocycles. The van der Waals surface area contributed by atoms with E-state index in [1.165, 1.54) is 0 Å². The first-order chi connectivity index (χ1) is 10.3. The summed E-state index contributed by atoms with van der Waals surface area (Å²) < 4.78 is 72.7. The molecule has 5 atom stereocenters. The Bertz CT molecular complexity index is 629. The predicted molar refractivity (Wildman–Crippen MR) is 68.4 cm³/mol. The molecule has 1 aliphatic heterocycles. The second kappa shape index (κ2) is 7.32. The van der Waals surface area contributed by atoms with E-state index in [1.54, 1.807) is 0 Å². The molecule has 5 N–H and O–H groups in total. The van der Waals surface area contributed by atoms with Crippen molar-refractivity contribution in [3.8, 4) is 0 Å². The molecule has 0 aromatic heterocycles. The van der Waals surface area contributed by atoms with Crippen LogP contribution in [0.4, 0.5) is 0 Å². The first-order valence-electron chi connectivity index (χ1n) is 5.86. The van der Waals surface area contributed by atoms with E-state index in [1.807, 2.05) is 5.32 Å². The Morgan fingerprint density at radius 3 is 2.17 bits per heavy atom. The molecule has 23 heavy (non-hydrogen) atoms. The van der Waals surface area contributed by atoms with E-state index >= 15 is 0 Å². The van der Waals surface area contributed by atoms with Gasteiger partial charge in [0.25, 0.3) is 0 Å². The van der Waals surface area contributed by atoms with E-state index in [0.29, 0.717) is 0 Å². The van der Waals surface area contributed by atoms with E-state index in [2.05, 4.69) is 8.37 Å². The van der Waals surface area contributed by atoms with Gasteiger partial charge in [-0.2, -0.15) is 16.8 Å². The number of ether oxygens (including phenoxy) is 1. The van der Waals surface area contributed by atoms with Crippen molar-refractivity contribution in [1.29, 1.82) is 0 Å². The van der Waals surface area contributed by atoms with Crippen LogP contribution in [0.1, 0.15) is 6.92 Å². The molecule has 0 bridgehead atoms. The summed E-state index contributed by atoms with van der Waals surface area (Å²) in [6.45, 7) is 0.00628. The number of hydrogen-bond acceptors (Lipinski definition) is 10. The van der Waals surface area contributed by atoms with Crippen LogP contribution in [0.25, 0.3) is 0 Å². The topological polar surface area (TPSA) is 206 Å². The standard InChI is InChI=1S/C8H15NO12S2/c1-3(10)9-5-7(21-23(16,17)18)6(11)4(20-8(5)12)2-19-22(13,14)15/h4-8,11-12H,2H2,1H3,(H,9,10)(H,13,14,15)(H,16,17,18)/t4-,5-,6-,7+,8-/m1/s1. The van der Waals surface area contributed by atoms with Crippen molar-refractivity contribution >= 4 is 26.7 Å². The van der Waals surface area contributed by atoms with Crippen molar-refractivity contribution in [3.05, 3.63) is 0 Å². The van der Waals surface area contributed by atoms with Crippen LogP contribution < -0.4 is 5.32 Å². The molecule has 1 amide bonds. The zero-order chi connectivity index (χ0) is 18.0. The number of nitrogens with one attached hydrogen (secondary N) is 1. The normalized spacial score (nSPS) is 32.5. The number of aliphatic hydroxyl groups is 2. The molecule has 1 aliphatic rings. The molecule has 0 aromatic carbocycles. The second-order valence-corrected chi connectivity index (χ2v) is 6.62. The molecule has 1 saturated heterocycles. The van der Waals surface area contributed by atoms with Crippen LogP contribution in [0.15, 0.2) is 0 Å². The molecule has 15 heteroatoms. The smallest absolute Gasteiger partial charge is 0.387 e. The van der Waals surface area contributed by atoms with E-state index in [9.17, 15) is 31.8 Å². The fraction of sp³-hybridized carbons (Fsp3) is 0.875. The third kappa shape index (κ3) is 6.61. The predicted octanol–water partition coefficient (Wildman–Crippen LogP) is -3.42. The van der Waals surface area contributed by atoms with Gasteiger partial charge >= 0.3 is 20.8 Å². The van der Waals surface area contributed by atoms with Gasteiger partial charge in [-0.1, -0.05) is 0 Å². The monoisotopic (exact) mass is 381 g/mol. The summed E-state index contributed by atoms with van der Waals surface area (Å²) in [7, 11) is -10.0. The van der Waals surface area contributed by atoms with Crippen LogP contribution in [0.3, 0.4) is 0 Å². The van der Waals surface area contributed by atoms with E-state index in [4.69, 9.17) is 13.8 Å². The SMILES string of the molecule is CC(=O)N[C@@H]1[C@H](OS(=O)(=O)O)[C@H](O)[C@@H](COS(=O)(=O)O)O[C@H]1O. The Balaban J connectivity index is 3.00. The van der Waals surface area contributed by atoms with Gasteiger partial charge in [-0.15, -0.1) is 0 Å². The number of carbonyl (C=O) groups is 1. The molecule has 0 unspecified atom stereocenters. The molecule has 0 aliphatic carbocycles. The molecule has 0 saturated carbocycles. The molecular formula is C8H15NO12S2. The average molecular weight is 381 g/mol. The maximum atomic E-state index is 11.1. The maximum Gasteiger partial charge on any atom is 0.397 e. The minimum Gasteiger partial charge on any atom is -0.387 e. The van der Waals surface area contributed by atoms with Gasteiger partial charge in [0.15, 0.2) is 6.29 Å².